The van der Waals surface area contributed by atoms with Gasteiger partial charge in [0.25, 0.3) is 5.91 Å². The quantitative estimate of drug-likeness (QED) is 0.670. The van der Waals surface area contributed by atoms with Crippen molar-refractivity contribution in [3.8, 4) is 10.7 Å². The van der Waals surface area contributed by atoms with Crippen LogP contribution in [0.25, 0.3) is 10.7 Å². The van der Waals surface area contributed by atoms with E-state index in [1.807, 2.05) is 12.1 Å². The molecular formula is C18H14ClN3O3S. The minimum atomic E-state index is -0.594. The van der Waals surface area contributed by atoms with Crippen LogP contribution in [0.1, 0.15) is 15.4 Å². The number of pyridine rings is 1. The third-order valence-electron chi connectivity index (χ3n) is 3.31. The Hall–Kier alpha value is -2.77. The van der Waals surface area contributed by atoms with Crippen molar-refractivity contribution in [2.45, 2.75) is 6.92 Å². The number of anilines is 1. The molecule has 1 aromatic carbocycles. The Bertz CT molecular complexity index is 944. The van der Waals surface area contributed by atoms with Crippen molar-refractivity contribution in [1.82, 2.24) is 9.97 Å². The van der Waals surface area contributed by atoms with Crippen LogP contribution < -0.4 is 5.32 Å². The predicted octanol–water partition coefficient (Wildman–Crippen LogP) is 3.96. The summed E-state index contributed by atoms with van der Waals surface area (Å²) < 4.78 is 5.09. The zero-order valence-electron chi connectivity index (χ0n) is 13.7. The molecule has 1 N–H and O–H groups in total. The minimum Gasteiger partial charge on any atom is -0.451 e. The molecule has 3 rings (SSSR count). The highest BCUT2D eigenvalue weighted by atomic mass is 35.5. The Morgan fingerprint density at radius 1 is 1.23 bits per heavy atom. The van der Waals surface area contributed by atoms with Crippen molar-refractivity contribution >= 4 is 40.5 Å². The van der Waals surface area contributed by atoms with Crippen LogP contribution in [0.2, 0.25) is 5.02 Å². The summed E-state index contributed by atoms with van der Waals surface area (Å²) in [6.07, 6.45) is 1.66. The maximum Gasteiger partial charge on any atom is 0.350 e. The van der Waals surface area contributed by atoms with E-state index >= 15 is 0 Å². The first-order valence-electron chi connectivity index (χ1n) is 7.64. The number of carbonyl (C=O) groups is 2. The van der Waals surface area contributed by atoms with Gasteiger partial charge >= 0.3 is 5.97 Å². The molecule has 0 aliphatic heterocycles. The number of rotatable bonds is 5. The number of thiazole rings is 1. The van der Waals surface area contributed by atoms with Gasteiger partial charge in [-0.15, -0.1) is 11.3 Å². The summed E-state index contributed by atoms with van der Waals surface area (Å²) in [5, 5.41) is 3.74. The molecule has 0 aliphatic rings. The molecule has 132 valence electrons. The van der Waals surface area contributed by atoms with Gasteiger partial charge in [0.2, 0.25) is 0 Å². The smallest absolute Gasteiger partial charge is 0.350 e. The van der Waals surface area contributed by atoms with Gasteiger partial charge < -0.3 is 10.1 Å². The SMILES string of the molecule is Cc1nc(-c2ccccn2)sc1C(=O)OCC(=O)Nc1cccc(Cl)c1. The van der Waals surface area contributed by atoms with E-state index < -0.39 is 18.5 Å². The van der Waals surface area contributed by atoms with E-state index in [-0.39, 0.29) is 0 Å². The lowest BCUT2D eigenvalue weighted by Crippen LogP contribution is -2.20. The fourth-order valence-electron chi connectivity index (χ4n) is 2.14. The van der Waals surface area contributed by atoms with Crippen molar-refractivity contribution in [3.63, 3.8) is 0 Å². The number of nitrogens with one attached hydrogen (secondary N) is 1. The fraction of sp³-hybridized carbons (Fsp3) is 0.111. The summed E-state index contributed by atoms with van der Waals surface area (Å²) in [6.45, 7) is 1.31. The minimum absolute atomic E-state index is 0.348. The molecule has 6 nitrogen and oxygen atoms in total. The van der Waals surface area contributed by atoms with Gasteiger partial charge in [-0.1, -0.05) is 23.7 Å². The van der Waals surface area contributed by atoms with E-state index in [1.54, 1.807) is 43.5 Å². The number of aromatic nitrogens is 2. The highest BCUT2D eigenvalue weighted by Gasteiger charge is 2.19. The number of carbonyl (C=O) groups excluding carboxylic acids is 2. The molecule has 2 aromatic heterocycles. The molecule has 0 bridgehead atoms. The summed E-state index contributed by atoms with van der Waals surface area (Å²) in [5.74, 6) is -1.05. The molecule has 0 atom stereocenters. The summed E-state index contributed by atoms with van der Waals surface area (Å²) in [7, 11) is 0. The van der Waals surface area contributed by atoms with Crippen LogP contribution in [0.3, 0.4) is 0 Å². The van der Waals surface area contributed by atoms with Crippen molar-refractivity contribution < 1.29 is 14.3 Å². The summed E-state index contributed by atoms with van der Waals surface area (Å²) in [5.41, 5.74) is 1.75. The van der Waals surface area contributed by atoms with E-state index in [1.165, 1.54) is 11.3 Å². The van der Waals surface area contributed by atoms with Gasteiger partial charge in [0.05, 0.1) is 11.4 Å². The molecule has 1 amide bonds. The maximum atomic E-state index is 12.2. The number of esters is 1. The number of hydrogen-bond acceptors (Lipinski definition) is 6. The van der Waals surface area contributed by atoms with Crippen molar-refractivity contribution in [2.24, 2.45) is 0 Å². The van der Waals surface area contributed by atoms with Crippen LogP contribution >= 0.6 is 22.9 Å². The average molecular weight is 388 g/mol. The second-order valence-electron chi connectivity index (χ2n) is 5.28. The fourth-order valence-corrected chi connectivity index (χ4v) is 3.27. The van der Waals surface area contributed by atoms with E-state index in [9.17, 15) is 9.59 Å². The largest absolute Gasteiger partial charge is 0.451 e. The monoisotopic (exact) mass is 387 g/mol. The number of ether oxygens (including phenoxy) is 1. The summed E-state index contributed by atoms with van der Waals surface area (Å²) >= 11 is 7.04. The normalized spacial score (nSPS) is 10.4. The Morgan fingerprint density at radius 3 is 2.81 bits per heavy atom. The lowest BCUT2D eigenvalue weighted by Gasteiger charge is -2.06. The van der Waals surface area contributed by atoms with Crippen LogP contribution in [0.15, 0.2) is 48.7 Å². The number of aryl methyl sites for hydroxylation is 1. The molecule has 0 spiro atoms. The van der Waals surface area contributed by atoms with E-state index in [4.69, 9.17) is 16.3 Å². The molecule has 0 saturated heterocycles. The van der Waals surface area contributed by atoms with Crippen LogP contribution in [-0.2, 0) is 9.53 Å². The summed E-state index contributed by atoms with van der Waals surface area (Å²) in [4.78, 5) is 33.1. The zero-order chi connectivity index (χ0) is 18.5. The van der Waals surface area contributed by atoms with Crippen molar-refractivity contribution in [2.75, 3.05) is 11.9 Å². The van der Waals surface area contributed by atoms with Crippen molar-refractivity contribution in [1.29, 1.82) is 0 Å². The standard InChI is InChI=1S/C18H14ClN3O3S/c1-11-16(26-17(21-11)14-7-2-3-8-20-14)18(24)25-10-15(23)22-13-6-4-5-12(19)9-13/h2-9H,10H2,1H3,(H,22,23). The van der Waals surface area contributed by atoms with Gasteiger partial charge in [0.1, 0.15) is 9.88 Å². The lowest BCUT2D eigenvalue weighted by molar-refractivity contribution is -0.119. The summed E-state index contributed by atoms with van der Waals surface area (Å²) in [6, 6.07) is 12.2. The molecule has 8 heteroatoms. The molecule has 26 heavy (non-hydrogen) atoms. The van der Waals surface area contributed by atoms with Crippen LogP contribution in [0.4, 0.5) is 5.69 Å². The highest BCUT2D eigenvalue weighted by molar-refractivity contribution is 7.17. The van der Waals surface area contributed by atoms with Gasteiger partial charge in [-0.05, 0) is 37.3 Å². The molecule has 3 aromatic rings. The van der Waals surface area contributed by atoms with E-state index in [0.717, 1.165) is 0 Å². The number of nitrogens with zero attached hydrogens (tertiary/aromatic N) is 2. The predicted molar refractivity (Wildman–Crippen MR) is 100 cm³/mol. The Kier molecular flexibility index (Phi) is 5.60. The second kappa shape index (κ2) is 8.07. The molecule has 0 fully saturated rings. The van der Waals surface area contributed by atoms with Gasteiger partial charge in [0, 0.05) is 16.9 Å². The lowest BCUT2D eigenvalue weighted by atomic mass is 10.3. The van der Waals surface area contributed by atoms with E-state index in [0.29, 0.717) is 32.0 Å². The number of amides is 1. The molecule has 0 saturated carbocycles. The van der Waals surface area contributed by atoms with Crippen LogP contribution in [0.5, 0.6) is 0 Å². The molecule has 2 heterocycles. The second-order valence-corrected chi connectivity index (χ2v) is 6.72. The molecular weight excluding hydrogens is 374 g/mol. The first-order chi connectivity index (χ1) is 12.5. The Balaban J connectivity index is 1.61. The molecule has 0 unspecified atom stereocenters. The Labute approximate surface area is 158 Å². The van der Waals surface area contributed by atoms with Crippen LogP contribution in [-0.4, -0.2) is 28.5 Å². The zero-order valence-corrected chi connectivity index (χ0v) is 15.3. The highest BCUT2D eigenvalue weighted by Crippen LogP contribution is 2.26. The first-order valence-corrected chi connectivity index (χ1v) is 8.84. The van der Waals surface area contributed by atoms with Gasteiger partial charge in [-0.25, -0.2) is 9.78 Å². The maximum absolute atomic E-state index is 12.2. The van der Waals surface area contributed by atoms with Gasteiger partial charge in [-0.3, -0.25) is 9.78 Å². The molecule has 0 radical (unpaired) electrons. The number of halogens is 1. The van der Waals surface area contributed by atoms with Gasteiger partial charge in [-0.2, -0.15) is 0 Å². The number of benzene rings is 1. The average Bonchev–Trinajstić information content (AvgIpc) is 3.02. The topological polar surface area (TPSA) is 81.2 Å². The van der Waals surface area contributed by atoms with E-state index in [2.05, 4.69) is 15.3 Å². The Morgan fingerprint density at radius 2 is 2.08 bits per heavy atom. The third-order valence-corrected chi connectivity index (χ3v) is 4.70. The van der Waals surface area contributed by atoms with Crippen LogP contribution in [0, 0.1) is 6.92 Å². The first kappa shape index (κ1) is 18.0. The van der Waals surface area contributed by atoms with Gasteiger partial charge in [0.15, 0.2) is 6.61 Å². The van der Waals surface area contributed by atoms with Crippen molar-refractivity contribution in [3.05, 3.63) is 64.3 Å². The molecule has 0 aliphatic carbocycles. The third kappa shape index (κ3) is 4.44. The number of hydrogen-bond donors (Lipinski definition) is 1.